The molecule has 4 aromatic rings. The Kier molecular flexibility index (Phi) is 8.39. The fourth-order valence-electron chi connectivity index (χ4n) is 3.28. The van der Waals surface area contributed by atoms with E-state index in [0.29, 0.717) is 38.1 Å². The number of nitrogens with zero attached hydrogens (tertiary/aromatic N) is 2. The van der Waals surface area contributed by atoms with Gasteiger partial charge in [0.05, 0.1) is 29.5 Å². The van der Waals surface area contributed by atoms with E-state index >= 15 is 0 Å². The van der Waals surface area contributed by atoms with Crippen LogP contribution in [-0.2, 0) is 4.79 Å². The van der Waals surface area contributed by atoms with Crippen molar-refractivity contribution in [1.82, 2.24) is 25.7 Å². The fraction of sp³-hybridized carbons (Fsp3) is 0.0800. The molecule has 0 saturated carbocycles. The molecule has 0 aliphatic heterocycles. The Morgan fingerprint density at radius 3 is 2.49 bits per heavy atom. The van der Waals surface area contributed by atoms with Gasteiger partial charge in [-0.3, -0.25) is 35.1 Å². The van der Waals surface area contributed by atoms with Crippen LogP contribution in [0.1, 0.15) is 10.4 Å². The second kappa shape index (κ2) is 11.9. The number of hydrogen-bond acceptors (Lipinski definition) is 7. The van der Waals surface area contributed by atoms with E-state index in [0.717, 1.165) is 11.8 Å². The molecule has 0 unspecified atom stereocenters. The monoisotopic (exact) mass is 553 g/mol. The predicted octanol–water partition coefficient (Wildman–Crippen LogP) is 3.48. The van der Waals surface area contributed by atoms with Gasteiger partial charge in [-0.15, -0.1) is 0 Å². The first kappa shape index (κ1) is 26.1. The summed E-state index contributed by atoms with van der Waals surface area (Å²) in [5.74, 6) is -0.327. The number of aromatic nitrogens is 2. The minimum Gasteiger partial charge on any atom is -0.497 e. The molecule has 3 aromatic carbocycles. The number of ether oxygens (including phenoxy) is 1. The maximum atomic E-state index is 13.4. The highest BCUT2D eigenvalue weighted by atomic mass is 35.5. The molecule has 0 bridgehead atoms. The van der Waals surface area contributed by atoms with Gasteiger partial charge in [-0.1, -0.05) is 41.6 Å². The number of hydrogen-bond donors (Lipinski definition) is 3. The van der Waals surface area contributed by atoms with Crippen LogP contribution in [0.3, 0.4) is 0 Å². The van der Waals surface area contributed by atoms with E-state index in [9.17, 15) is 14.4 Å². The van der Waals surface area contributed by atoms with E-state index in [1.165, 1.54) is 4.57 Å². The first-order chi connectivity index (χ1) is 17.9. The van der Waals surface area contributed by atoms with Gasteiger partial charge in [-0.05, 0) is 66.8 Å². The van der Waals surface area contributed by atoms with Crippen LogP contribution in [0.25, 0.3) is 16.6 Å². The zero-order chi connectivity index (χ0) is 26.4. The normalized spacial score (nSPS) is 10.5. The van der Waals surface area contributed by atoms with Crippen molar-refractivity contribution >= 4 is 63.4 Å². The molecule has 2 amide bonds. The van der Waals surface area contributed by atoms with Crippen LogP contribution < -0.4 is 26.5 Å². The fourth-order valence-corrected chi connectivity index (χ4v) is 4.41. The number of hydrazine groups is 1. The number of thiocarbonyl (C=S) groups is 1. The van der Waals surface area contributed by atoms with E-state index < -0.39 is 11.8 Å². The van der Waals surface area contributed by atoms with E-state index in [4.69, 9.17) is 28.6 Å². The van der Waals surface area contributed by atoms with Crippen LogP contribution in [0.4, 0.5) is 0 Å². The minimum absolute atomic E-state index is 0.0666. The molecule has 0 aliphatic rings. The molecule has 0 atom stereocenters. The molecule has 0 aliphatic carbocycles. The van der Waals surface area contributed by atoms with Gasteiger partial charge in [0.2, 0.25) is 5.91 Å². The molecule has 37 heavy (non-hydrogen) atoms. The maximum Gasteiger partial charge on any atom is 0.266 e. The van der Waals surface area contributed by atoms with Crippen molar-refractivity contribution in [3.63, 3.8) is 0 Å². The number of carbonyl (C=O) groups is 2. The average Bonchev–Trinajstić information content (AvgIpc) is 2.91. The maximum absolute atomic E-state index is 13.4. The minimum atomic E-state index is -0.451. The van der Waals surface area contributed by atoms with E-state index in [2.05, 4.69) is 21.2 Å². The molecule has 12 heteroatoms. The standard InChI is InChI=1S/C25H20ClN5O4S2/c1-35-18-10-8-17(9-11-18)31-23(34)19-13-16(26)7-12-20(19)27-25(31)37-14-21(32)29-30-24(36)28-22(33)15-5-3-2-4-6-15/h2-13H,14H2,1H3,(H,29,32)(H2,28,30,33,36). The molecule has 188 valence electrons. The molecular formula is C25H20ClN5O4S2. The Morgan fingerprint density at radius 1 is 1.05 bits per heavy atom. The Morgan fingerprint density at radius 2 is 1.78 bits per heavy atom. The van der Waals surface area contributed by atoms with Crippen molar-refractivity contribution in [2.75, 3.05) is 12.9 Å². The molecule has 0 fully saturated rings. The lowest BCUT2D eigenvalue weighted by atomic mass is 10.2. The summed E-state index contributed by atoms with van der Waals surface area (Å²) in [5, 5.41) is 3.47. The number of halogens is 1. The summed E-state index contributed by atoms with van der Waals surface area (Å²) in [6.45, 7) is 0. The first-order valence-electron chi connectivity index (χ1n) is 10.8. The van der Waals surface area contributed by atoms with Crippen LogP contribution in [0, 0.1) is 0 Å². The summed E-state index contributed by atoms with van der Waals surface area (Å²) in [4.78, 5) is 42.6. The third-order valence-electron chi connectivity index (χ3n) is 5.04. The van der Waals surface area contributed by atoms with Gasteiger partial charge in [-0.25, -0.2) is 4.98 Å². The molecule has 9 nitrogen and oxygen atoms in total. The second-order valence-electron chi connectivity index (χ2n) is 7.51. The number of fused-ring (bicyclic) bond motifs is 1. The predicted molar refractivity (Wildman–Crippen MR) is 147 cm³/mol. The highest BCUT2D eigenvalue weighted by Crippen LogP contribution is 2.24. The summed E-state index contributed by atoms with van der Waals surface area (Å²) in [7, 11) is 1.55. The number of carbonyl (C=O) groups excluding carboxylic acids is 2. The van der Waals surface area contributed by atoms with E-state index in [-0.39, 0.29) is 16.4 Å². The zero-order valence-corrected chi connectivity index (χ0v) is 21.7. The third-order valence-corrected chi connectivity index (χ3v) is 6.42. The van der Waals surface area contributed by atoms with Crippen molar-refractivity contribution in [2.45, 2.75) is 5.16 Å². The summed E-state index contributed by atoms with van der Waals surface area (Å²) in [6, 6.07) is 20.3. The van der Waals surface area contributed by atoms with Crippen molar-refractivity contribution < 1.29 is 14.3 Å². The molecule has 1 heterocycles. The van der Waals surface area contributed by atoms with Gasteiger partial charge in [0.1, 0.15) is 5.75 Å². The van der Waals surface area contributed by atoms with Crippen molar-refractivity contribution in [3.8, 4) is 11.4 Å². The van der Waals surface area contributed by atoms with E-state index in [1.54, 1.807) is 79.9 Å². The molecule has 4 rings (SSSR count). The van der Waals surface area contributed by atoms with Gasteiger partial charge >= 0.3 is 0 Å². The molecule has 0 spiro atoms. The lowest BCUT2D eigenvalue weighted by molar-refractivity contribution is -0.119. The topological polar surface area (TPSA) is 114 Å². The van der Waals surface area contributed by atoms with Gasteiger partial charge in [0.15, 0.2) is 10.3 Å². The van der Waals surface area contributed by atoms with Crippen LogP contribution >= 0.6 is 35.6 Å². The Hall–Kier alpha value is -3.93. The number of amides is 2. The summed E-state index contributed by atoms with van der Waals surface area (Å²) < 4.78 is 6.61. The zero-order valence-electron chi connectivity index (χ0n) is 19.4. The number of benzene rings is 3. The highest BCUT2D eigenvalue weighted by Gasteiger charge is 2.16. The largest absolute Gasteiger partial charge is 0.497 e. The van der Waals surface area contributed by atoms with Gasteiger partial charge in [0, 0.05) is 10.6 Å². The summed E-state index contributed by atoms with van der Waals surface area (Å²) in [5.41, 5.74) is 6.01. The van der Waals surface area contributed by atoms with Crippen molar-refractivity contribution in [1.29, 1.82) is 0 Å². The molecule has 0 saturated heterocycles. The van der Waals surface area contributed by atoms with Crippen LogP contribution in [-0.4, -0.2) is 39.3 Å². The molecule has 1 aromatic heterocycles. The van der Waals surface area contributed by atoms with Gasteiger partial charge < -0.3 is 4.74 Å². The SMILES string of the molecule is COc1ccc(-n2c(SCC(=O)NNC(=S)NC(=O)c3ccccc3)nc3ccc(Cl)cc3c2=O)cc1. The van der Waals surface area contributed by atoms with Gasteiger partial charge in [0.25, 0.3) is 11.5 Å². The lowest BCUT2D eigenvalue weighted by Gasteiger charge is -2.14. The van der Waals surface area contributed by atoms with Gasteiger partial charge in [-0.2, -0.15) is 0 Å². The van der Waals surface area contributed by atoms with Crippen LogP contribution in [0.5, 0.6) is 5.75 Å². The number of thioether (sulfide) groups is 1. The highest BCUT2D eigenvalue weighted by molar-refractivity contribution is 7.99. The van der Waals surface area contributed by atoms with Crippen LogP contribution in [0.2, 0.25) is 5.02 Å². The smallest absolute Gasteiger partial charge is 0.266 e. The quantitative estimate of drug-likeness (QED) is 0.144. The second-order valence-corrected chi connectivity index (χ2v) is 9.29. The van der Waals surface area contributed by atoms with Crippen LogP contribution in [0.15, 0.2) is 82.7 Å². The lowest BCUT2D eigenvalue weighted by Crippen LogP contribution is -2.49. The molecule has 0 radical (unpaired) electrons. The first-order valence-corrected chi connectivity index (χ1v) is 12.6. The van der Waals surface area contributed by atoms with Crippen molar-refractivity contribution in [3.05, 3.63) is 93.7 Å². The molecular weight excluding hydrogens is 534 g/mol. The number of rotatable bonds is 6. The third kappa shape index (κ3) is 6.45. The van der Waals surface area contributed by atoms with E-state index in [1.807, 2.05) is 0 Å². The average molecular weight is 554 g/mol. The summed E-state index contributed by atoms with van der Waals surface area (Å²) in [6.07, 6.45) is 0. The number of nitrogens with one attached hydrogen (secondary N) is 3. The Labute approximate surface area is 226 Å². The Balaban J connectivity index is 1.48. The summed E-state index contributed by atoms with van der Waals surface area (Å²) >= 11 is 12.2. The number of methoxy groups -OCH3 is 1. The Bertz CT molecular complexity index is 1530. The molecule has 3 N–H and O–H groups in total. The van der Waals surface area contributed by atoms with Crippen molar-refractivity contribution in [2.24, 2.45) is 0 Å².